The number of benzene rings is 1. The van der Waals surface area contributed by atoms with E-state index in [-0.39, 0.29) is 22.1 Å². The van der Waals surface area contributed by atoms with Gasteiger partial charge in [0.1, 0.15) is 5.69 Å². The number of carbonyl (C=O) groups is 1. The average molecular weight is 430 g/mol. The smallest absolute Gasteiger partial charge is 0.298 e. The van der Waals surface area contributed by atoms with E-state index in [1.807, 2.05) is 4.72 Å². The highest BCUT2D eigenvalue weighted by Gasteiger charge is 2.35. The van der Waals surface area contributed by atoms with E-state index in [4.69, 9.17) is 0 Å². The van der Waals surface area contributed by atoms with Gasteiger partial charge in [-0.2, -0.15) is 13.2 Å². The molecule has 12 heteroatoms. The van der Waals surface area contributed by atoms with E-state index >= 15 is 0 Å². The van der Waals surface area contributed by atoms with E-state index in [9.17, 15) is 26.4 Å². The van der Waals surface area contributed by atoms with Gasteiger partial charge in [-0.1, -0.05) is 0 Å². The molecule has 2 aromatic heterocycles. The predicted molar refractivity (Wildman–Crippen MR) is 95.4 cm³/mol. The number of aromatic nitrogens is 3. The second-order valence-corrected chi connectivity index (χ2v) is 8.47. The zero-order valence-corrected chi connectivity index (χ0v) is 16.1. The molecule has 0 spiro atoms. The maximum Gasteiger partial charge on any atom is 0.434 e. The number of nitrogens with one attached hydrogen (secondary N) is 1. The third-order valence-electron chi connectivity index (χ3n) is 3.55. The van der Waals surface area contributed by atoms with Crippen molar-refractivity contribution in [2.24, 2.45) is 0 Å². The summed E-state index contributed by atoms with van der Waals surface area (Å²) in [6.45, 7) is 2.77. The molecule has 0 radical (unpaired) electrons. The minimum Gasteiger partial charge on any atom is -0.298 e. The summed E-state index contributed by atoms with van der Waals surface area (Å²) < 4.78 is 66.5. The van der Waals surface area contributed by atoms with Crippen molar-refractivity contribution >= 4 is 27.3 Å². The Kier molecular flexibility index (Phi) is 5.02. The highest BCUT2D eigenvalue weighted by molar-refractivity contribution is 7.90. The number of imidazole rings is 1. The Morgan fingerprint density at radius 3 is 2.32 bits per heavy atom. The molecule has 0 bridgehead atoms. The van der Waals surface area contributed by atoms with Gasteiger partial charge in [-0.3, -0.25) is 9.36 Å². The number of rotatable bonds is 4. The minimum atomic E-state index is -4.65. The van der Waals surface area contributed by atoms with Gasteiger partial charge in [0.05, 0.1) is 9.90 Å². The van der Waals surface area contributed by atoms with Crippen LogP contribution in [0.1, 0.15) is 17.6 Å². The third-order valence-corrected chi connectivity index (χ3v) is 5.77. The lowest BCUT2D eigenvalue weighted by molar-refractivity contribution is -0.140. The number of thiazole rings is 1. The fraction of sp³-hybridized carbons (Fsp3) is 0.188. The Labute approximate surface area is 161 Å². The summed E-state index contributed by atoms with van der Waals surface area (Å²) in [6, 6.07) is 5.01. The second-order valence-electron chi connectivity index (χ2n) is 5.72. The summed E-state index contributed by atoms with van der Waals surface area (Å²) in [4.78, 5) is 18.6. The zero-order chi connectivity index (χ0) is 20.7. The average Bonchev–Trinajstić information content (AvgIpc) is 3.19. The Balaban J connectivity index is 2.08. The third kappa shape index (κ3) is 4.07. The lowest BCUT2D eigenvalue weighted by Gasteiger charge is -2.08. The normalized spacial score (nSPS) is 12.2. The molecule has 148 valence electrons. The number of aryl methyl sites for hydroxylation is 1. The van der Waals surface area contributed by atoms with Gasteiger partial charge in [0.15, 0.2) is 11.5 Å². The molecule has 0 unspecified atom stereocenters. The molecule has 1 aromatic carbocycles. The van der Waals surface area contributed by atoms with Crippen LogP contribution in [0.25, 0.3) is 17.2 Å². The van der Waals surface area contributed by atoms with Crippen LogP contribution in [-0.2, 0) is 21.0 Å². The molecule has 2 heterocycles. The standard InChI is InChI=1S/C16H13F3N4O3S2/c1-9(24)22-28(25,26)12-5-3-11(4-6-12)23-7-14(16(17,18)19)21-15(23)13-8-27-10(2)20-13/h3-8H,1-2H3,(H,22,24). The van der Waals surface area contributed by atoms with Crippen molar-refractivity contribution in [2.45, 2.75) is 24.9 Å². The topological polar surface area (TPSA) is 94.0 Å². The van der Waals surface area contributed by atoms with Crippen molar-refractivity contribution in [1.82, 2.24) is 19.3 Å². The summed E-state index contributed by atoms with van der Waals surface area (Å²) in [5.41, 5.74) is -0.568. The van der Waals surface area contributed by atoms with Crippen molar-refractivity contribution in [3.05, 3.63) is 46.5 Å². The van der Waals surface area contributed by atoms with E-state index in [2.05, 4.69) is 9.97 Å². The molecular weight excluding hydrogens is 417 g/mol. The van der Waals surface area contributed by atoms with Crippen molar-refractivity contribution in [1.29, 1.82) is 0 Å². The fourth-order valence-electron chi connectivity index (χ4n) is 2.39. The summed E-state index contributed by atoms with van der Waals surface area (Å²) in [5.74, 6) is -0.774. The quantitative estimate of drug-likeness (QED) is 0.686. The van der Waals surface area contributed by atoms with Crippen LogP contribution in [-0.4, -0.2) is 28.9 Å². The monoisotopic (exact) mass is 430 g/mol. The first-order valence-electron chi connectivity index (χ1n) is 7.70. The highest BCUT2D eigenvalue weighted by atomic mass is 32.2. The minimum absolute atomic E-state index is 0.0193. The summed E-state index contributed by atoms with van der Waals surface area (Å²) in [6.07, 6.45) is -3.83. The molecule has 28 heavy (non-hydrogen) atoms. The van der Waals surface area contributed by atoms with Crippen LogP contribution in [0.2, 0.25) is 0 Å². The largest absolute Gasteiger partial charge is 0.434 e. The zero-order valence-electron chi connectivity index (χ0n) is 14.5. The number of hydrogen-bond donors (Lipinski definition) is 1. The lowest BCUT2D eigenvalue weighted by atomic mass is 10.3. The van der Waals surface area contributed by atoms with E-state index in [0.717, 1.165) is 13.1 Å². The van der Waals surface area contributed by atoms with Crippen LogP contribution in [0.3, 0.4) is 0 Å². The molecular formula is C16H13F3N4O3S2. The van der Waals surface area contributed by atoms with Crippen LogP contribution in [0.15, 0.2) is 40.7 Å². The van der Waals surface area contributed by atoms with Crippen LogP contribution in [0.5, 0.6) is 0 Å². The summed E-state index contributed by atoms with van der Waals surface area (Å²) >= 11 is 1.27. The van der Waals surface area contributed by atoms with Crippen LogP contribution < -0.4 is 4.72 Å². The number of sulfonamides is 1. The van der Waals surface area contributed by atoms with Crippen LogP contribution >= 0.6 is 11.3 Å². The summed E-state index contributed by atoms with van der Waals surface area (Å²) in [5, 5.41) is 2.25. The first kappa shape index (κ1) is 20.0. The van der Waals surface area contributed by atoms with E-state index < -0.39 is 27.8 Å². The molecule has 0 atom stereocenters. The first-order chi connectivity index (χ1) is 13.0. The van der Waals surface area contributed by atoms with Gasteiger partial charge in [0.2, 0.25) is 5.91 Å². The SMILES string of the molecule is CC(=O)NS(=O)(=O)c1ccc(-n2cc(C(F)(F)F)nc2-c2csc(C)n2)cc1. The van der Waals surface area contributed by atoms with Crippen LogP contribution in [0, 0.1) is 6.92 Å². The van der Waals surface area contributed by atoms with Gasteiger partial charge in [-0.15, -0.1) is 11.3 Å². The Bertz CT molecular complexity index is 1130. The molecule has 7 nitrogen and oxygen atoms in total. The van der Waals surface area contributed by atoms with Gasteiger partial charge in [0, 0.05) is 24.2 Å². The molecule has 0 saturated heterocycles. The van der Waals surface area contributed by atoms with Gasteiger partial charge >= 0.3 is 6.18 Å². The second kappa shape index (κ2) is 7.02. The molecule has 3 aromatic rings. The molecule has 1 N–H and O–H groups in total. The Morgan fingerprint density at radius 2 is 1.82 bits per heavy atom. The van der Waals surface area contributed by atoms with Gasteiger partial charge in [0.25, 0.3) is 10.0 Å². The lowest BCUT2D eigenvalue weighted by Crippen LogP contribution is -2.28. The van der Waals surface area contributed by atoms with Gasteiger partial charge in [-0.05, 0) is 31.2 Å². The number of halogens is 3. The van der Waals surface area contributed by atoms with Crippen molar-refractivity contribution in [2.75, 3.05) is 0 Å². The number of alkyl halides is 3. The molecule has 0 saturated carbocycles. The van der Waals surface area contributed by atoms with Gasteiger partial charge in [-0.25, -0.2) is 23.1 Å². The maximum absolute atomic E-state index is 13.1. The molecule has 1 amide bonds. The molecule has 0 fully saturated rings. The Morgan fingerprint density at radius 1 is 1.18 bits per heavy atom. The summed E-state index contributed by atoms with van der Waals surface area (Å²) in [7, 11) is -4.05. The number of hydrogen-bond acceptors (Lipinski definition) is 6. The molecule has 3 rings (SSSR count). The highest BCUT2D eigenvalue weighted by Crippen LogP contribution is 2.33. The first-order valence-corrected chi connectivity index (χ1v) is 10.1. The number of nitrogens with zero attached hydrogens (tertiary/aromatic N) is 3. The van der Waals surface area contributed by atoms with Crippen LogP contribution in [0.4, 0.5) is 13.2 Å². The Hall–Kier alpha value is -2.73. The number of carbonyl (C=O) groups excluding carboxylic acids is 1. The molecule has 0 aliphatic rings. The molecule has 0 aliphatic heterocycles. The number of amides is 1. The maximum atomic E-state index is 13.1. The fourth-order valence-corrected chi connectivity index (χ4v) is 3.98. The predicted octanol–water partition coefficient (Wildman–Crippen LogP) is 3.15. The van der Waals surface area contributed by atoms with Crippen molar-refractivity contribution in [3.63, 3.8) is 0 Å². The van der Waals surface area contributed by atoms with E-state index in [0.29, 0.717) is 5.01 Å². The van der Waals surface area contributed by atoms with Crippen molar-refractivity contribution < 1.29 is 26.4 Å². The van der Waals surface area contributed by atoms with E-state index in [1.54, 1.807) is 12.3 Å². The van der Waals surface area contributed by atoms with Crippen molar-refractivity contribution in [3.8, 4) is 17.2 Å². The van der Waals surface area contributed by atoms with Gasteiger partial charge < -0.3 is 0 Å². The van der Waals surface area contributed by atoms with E-state index in [1.165, 1.54) is 40.2 Å². The molecule has 0 aliphatic carbocycles.